The number of hydrogen-bond donors (Lipinski definition) is 0. The Balaban J connectivity index is 2.39. The predicted molar refractivity (Wildman–Crippen MR) is 96.5 cm³/mol. The maximum Gasteiger partial charge on any atom is 0.132 e. The Morgan fingerprint density at radius 1 is 0.957 bits per heavy atom. The first-order chi connectivity index (χ1) is 11.1. The smallest absolute Gasteiger partial charge is 0.132 e. The van der Waals surface area contributed by atoms with E-state index in [0.29, 0.717) is 21.9 Å². The number of hydrogen-bond acceptors (Lipinski definition) is 1. The molecule has 0 aliphatic heterocycles. The topological polar surface area (TPSA) is 9.23 Å². The summed E-state index contributed by atoms with van der Waals surface area (Å²) in [6, 6.07) is 18.2. The van der Waals surface area contributed by atoms with Gasteiger partial charge < -0.3 is 4.74 Å². The Morgan fingerprint density at radius 3 is 2.35 bits per heavy atom. The van der Waals surface area contributed by atoms with Gasteiger partial charge in [-0.2, -0.15) is 0 Å². The molecule has 23 heavy (non-hydrogen) atoms. The van der Waals surface area contributed by atoms with Crippen molar-refractivity contribution in [2.45, 2.75) is 0 Å². The van der Waals surface area contributed by atoms with Gasteiger partial charge >= 0.3 is 0 Å². The molecule has 0 aromatic heterocycles. The Morgan fingerprint density at radius 2 is 1.70 bits per heavy atom. The minimum absolute atomic E-state index is 0.345. The van der Waals surface area contributed by atoms with Crippen molar-refractivity contribution in [3.63, 3.8) is 0 Å². The Bertz CT molecular complexity index is 829. The van der Waals surface area contributed by atoms with Crippen LogP contribution in [-0.2, 0) is 0 Å². The maximum atomic E-state index is 14.5. The van der Waals surface area contributed by atoms with Gasteiger partial charge in [0.25, 0.3) is 0 Å². The molecule has 0 radical (unpaired) electrons. The molecule has 0 aliphatic rings. The number of halogens is 3. The second-order valence-electron chi connectivity index (χ2n) is 4.99. The van der Waals surface area contributed by atoms with Crippen LogP contribution in [0.1, 0.15) is 0 Å². The summed E-state index contributed by atoms with van der Waals surface area (Å²) in [5.74, 6) is 0.181. The van der Waals surface area contributed by atoms with Crippen molar-refractivity contribution in [1.82, 2.24) is 0 Å². The van der Waals surface area contributed by atoms with Crippen LogP contribution in [0.4, 0.5) is 4.39 Å². The van der Waals surface area contributed by atoms with E-state index in [-0.39, 0.29) is 5.82 Å². The number of rotatable bonds is 3. The monoisotopic (exact) mass is 390 g/mol. The van der Waals surface area contributed by atoms with Gasteiger partial charge in [-0.25, -0.2) is 4.39 Å². The molecule has 1 nitrogen and oxygen atoms in total. The fourth-order valence-corrected chi connectivity index (χ4v) is 3.28. The first-order valence-corrected chi connectivity index (χ1v) is 8.16. The van der Waals surface area contributed by atoms with Crippen molar-refractivity contribution in [3.05, 3.63) is 76.0 Å². The summed E-state index contributed by atoms with van der Waals surface area (Å²) in [5, 5.41) is 0.350. The molecule has 0 heterocycles. The van der Waals surface area contributed by atoms with Gasteiger partial charge in [0.2, 0.25) is 0 Å². The van der Waals surface area contributed by atoms with Crippen LogP contribution in [0.3, 0.4) is 0 Å². The molecule has 0 saturated carbocycles. The van der Waals surface area contributed by atoms with Crippen LogP contribution in [0.15, 0.2) is 65.1 Å². The van der Waals surface area contributed by atoms with E-state index in [2.05, 4.69) is 15.9 Å². The highest BCUT2D eigenvalue weighted by molar-refractivity contribution is 9.10. The van der Waals surface area contributed by atoms with E-state index in [4.69, 9.17) is 16.3 Å². The van der Waals surface area contributed by atoms with E-state index < -0.39 is 0 Å². The highest BCUT2D eigenvalue weighted by Gasteiger charge is 2.20. The molecule has 3 aromatic carbocycles. The lowest BCUT2D eigenvalue weighted by atomic mass is 9.93. The van der Waals surface area contributed by atoms with Gasteiger partial charge in [0.15, 0.2) is 0 Å². The van der Waals surface area contributed by atoms with E-state index in [0.717, 1.165) is 15.6 Å². The first kappa shape index (κ1) is 16.0. The van der Waals surface area contributed by atoms with Crippen molar-refractivity contribution in [3.8, 4) is 28.0 Å². The molecule has 0 spiro atoms. The summed E-state index contributed by atoms with van der Waals surface area (Å²) >= 11 is 9.77. The minimum Gasteiger partial charge on any atom is -0.496 e. The van der Waals surface area contributed by atoms with Crippen LogP contribution in [0, 0.1) is 5.82 Å². The van der Waals surface area contributed by atoms with Crippen LogP contribution in [0.25, 0.3) is 22.3 Å². The summed E-state index contributed by atoms with van der Waals surface area (Å²) < 4.78 is 20.8. The van der Waals surface area contributed by atoms with Crippen LogP contribution in [0.5, 0.6) is 5.75 Å². The third kappa shape index (κ3) is 3.12. The predicted octanol–water partition coefficient (Wildman–Crippen LogP) is 6.58. The number of benzene rings is 3. The van der Waals surface area contributed by atoms with Gasteiger partial charge in [-0.15, -0.1) is 0 Å². The lowest BCUT2D eigenvalue weighted by Gasteiger charge is -2.17. The number of ether oxygens (including phenoxy) is 1. The van der Waals surface area contributed by atoms with E-state index in [1.807, 2.05) is 42.5 Å². The van der Waals surface area contributed by atoms with Gasteiger partial charge in [0.05, 0.1) is 12.1 Å². The SMILES string of the molecule is COc1cc(Br)cc(-c2ccccc2)c1-c1c(F)cccc1Cl. The third-order valence-electron chi connectivity index (χ3n) is 3.58. The summed E-state index contributed by atoms with van der Waals surface area (Å²) in [6.07, 6.45) is 0. The molecule has 0 amide bonds. The maximum absolute atomic E-state index is 14.5. The largest absolute Gasteiger partial charge is 0.496 e. The molecule has 4 heteroatoms. The van der Waals surface area contributed by atoms with E-state index in [9.17, 15) is 4.39 Å². The minimum atomic E-state index is -0.379. The van der Waals surface area contributed by atoms with Crippen molar-refractivity contribution < 1.29 is 9.13 Å². The summed E-state index contributed by atoms with van der Waals surface area (Å²) in [6.45, 7) is 0. The zero-order valence-corrected chi connectivity index (χ0v) is 14.7. The Labute approximate surface area is 147 Å². The normalized spacial score (nSPS) is 10.6. The van der Waals surface area contributed by atoms with Gasteiger partial charge in [-0.05, 0) is 35.4 Å². The van der Waals surface area contributed by atoms with E-state index in [1.165, 1.54) is 6.07 Å². The molecular weight excluding hydrogens is 379 g/mol. The average Bonchev–Trinajstić information content (AvgIpc) is 2.56. The molecule has 0 saturated heterocycles. The van der Waals surface area contributed by atoms with Gasteiger partial charge in [0, 0.05) is 15.6 Å². The second kappa shape index (κ2) is 6.73. The second-order valence-corrected chi connectivity index (χ2v) is 6.32. The third-order valence-corrected chi connectivity index (χ3v) is 4.36. The fraction of sp³-hybridized carbons (Fsp3) is 0.0526. The number of methoxy groups -OCH3 is 1. The molecule has 116 valence electrons. The Kier molecular flexibility index (Phi) is 4.69. The quantitative estimate of drug-likeness (QED) is 0.490. The van der Waals surface area contributed by atoms with Crippen molar-refractivity contribution in [2.24, 2.45) is 0 Å². The molecular formula is C19H13BrClFO. The van der Waals surface area contributed by atoms with Crippen LogP contribution >= 0.6 is 27.5 Å². The Hall–Kier alpha value is -1.84. The van der Waals surface area contributed by atoms with Crippen molar-refractivity contribution >= 4 is 27.5 Å². The van der Waals surface area contributed by atoms with Crippen LogP contribution < -0.4 is 4.74 Å². The summed E-state index contributed by atoms with van der Waals surface area (Å²) in [7, 11) is 1.56. The molecule has 0 N–H and O–H groups in total. The van der Waals surface area contributed by atoms with E-state index >= 15 is 0 Å². The van der Waals surface area contributed by atoms with Crippen molar-refractivity contribution in [1.29, 1.82) is 0 Å². The lowest BCUT2D eigenvalue weighted by molar-refractivity contribution is 0.416. The zero-order chi connectivity index (χ0) is 16.4. The summed E-state index contributed by atoms with van der Waals surface area (Å²) in [5.41, 5.74) is 2.80. The van der Waals surface area contributed by atoms with Crippen LogP contribution in [-0.4, -0.2) is 7.11 Å². The standard InChI is InChI=1S/C19H13BrClFO/c1-23-17-11-13(20)10-14(12-6-3-2-4-7-12)18(17)19-15(21)8-5-9-16(19)22/h2-11H,1H3. The van der Waals surface area contributed by atoms with Gasteiger partial charge in [0.1, 0.15) is 11.6 Å². The molecule has 0 atom stereocenters. The molecule has 0 aliphatic carbocycles. The molecule has 0 fully saturated rings. The molecule has 3 rings (SSSR count). The molecule has 3 aromatic rings. The summed E-state index contributed by atoms with van der Waals surface area (Å²) in [4.78, 5) is 0. The first-order valence-electron chi connectivity index (χ1n) is 6.99. The van der Waals surface area contributed by atoms with Crippen molar-refractivity contribution in [2.75, 3.05) is 7.11 Å². The molecule has 0 unspecified atom stereocenters. The van der Waals surface area contributed by atoms with Gasteiger partial charge in [-0.3, -0.25) is 0 Å². The zero-order valence-electron chi connectivity index (χ0n) is 12.3. The van der Waals surface area contributed by atoms with Gasteiger partial charge in [-0.1, -0.05) is 63.9 Å². The molecule has 0 bridgehead atoms. The highest BCUT2D eigenvalue weighted by Crippen LogP contribution is 2.44. The van der Waals surface area contributed by atoms with Crippen LogP contribution in [0.2, 0.25) is 5.02 Å². The van der Waals surface area contributed by atoms with E-state index in [1.54, 1.807) is 19.2 Å². The fourth-order valence-electron chi connectivity index (χ4n) is 2.58. The highest BCUT2D eigenvalue weighted by atomic mass is 79.9. The average molecular weight is 392 g/mol. The lowest BCUT2D eigenvalue weighted by Crippen LogP contribution is -1.95.